The first kappa shape index (κ1) is 19.7. The van der Waals surface area contributed by atoms with Gasteiger partial charge in [0.2, 0.25) is 5.91 Å². The summed E-state index contributed by atoms with van der Waals surface area (Å²) in [7, 11) is 6.12. The van der Waals surface area contributed by atoms with Gasteiger partial charge in [0.15, 0.2) is 0 Å². The van der Waals surface area contributed by atoms with Crippen molar-refractivity contribution in [3.05, 3.63) is 30.3 Å². The molecule has 3 aliphatic rings. The van der Waals surface area contributed by atoms with Gasteiger partial charge < -0.3 is 19.9 Å². The zero-order valence-corrected chi connectivity index (χ0v) is 17.6. The topological polar surface area (TPSA) is 44.8 Å². The van der Waals surface area contributed by atoms with Crippen LogP contribution in [0.1, 0.15) is 38.5 Å². The number of para-hydroxylation sites is 1. The minimum Gasteiger partial charge on any atom is -0.380 e. The molecule has 0 radical (unpaired) electrons. The third kappa shape index (κ3) is 3.67. The standard InChI is InChI=1S/C23H35N3O2/c1-25(2)20-13-17-15-26(16-18(17)14-21(20)28-3)22(27)23(11-7-8-12-23)24-19-9-5-4-6-10-19/h4-6,9-10,17-18,20-21,24H,7-8,11-16H2,1-3H3/t17-,18+,20-,21-/m1/s1. The number of anilines is 1. The van der Waals surface area contributed by atoms with Crippen molar-refractivity contribution in [3.8, 4) is 0 Å². The molecule has 28 heavy (non-hydrogen) atoms. The number of nitrogens with one attached hydrogen (secondary N) is 1. The Morgan fingerprint density at radius 1 is 1.11 bits per heavy atom. The molecule has 2 saturated carbocycles. The second-order valence-corrected chi connectivity index (χ2v) is 9.29. The Hall–Kier alpha value is -1.59. The molecule has 4 rings (SSSR count). The van der Waals surface area contributed by atoms with E-state index in [1.807, 2.05) is 25.3 Å². The summed E-state index contributed by atoms with van der Waals surface area (Å²) in [6, 6.07) is 10.7. The number of hydrogen-bond donors (Lipinski definition) is 1. The highest BCUT2D eigenvalue weighted by Gasteiger charge is 2.49. The molecule has 1 aromatic carbocycles. The van der Waals surface area contributed by atoms with Crippen LogP contribution in [0.25, 0.3) is 0 Å². The Labute approximate surface area is 169 Å². The number of likely N-dealkylation sites (tertiary alicyclic amines) is 1. The summed E-state index contributed by atoms with van der Waals surface area (Å²) in [4.78, 5) is 18.2. The van der Waals surface area contributed by atoms with Crippen molar-refractivity contribution >= 4 is 11.6 Å². The number of amides is 1. The van der Waals surface area contributed by atoms with Gasteiger partial charge in [0.25, 0.3) is 0 Å². The molecule has 0 aromatic heterocycles. The lowest BCUT2D eigenvalue weighted by Gasteiger charge is -2.40. The average molecular weight is 386 g/mol. The Bertz CT molecular complexity index is 672. The molecule has 4 atom stereocenters. The van der Waals surface area contributed by atoms with E-state index in [0.29, 0.717) is 23.8 Å². The molecule has 0 spiro atoms. The van der Waals surface area contributed by atoms with Crippen LogP contribution in [0.15, 0.2) is 30.3 Å². The van der Waals surface area contributed by atoms with E-state index in [4.69, 9.17) is 4.74 Å². The predicted octanol–water partition coefficient (Wildman–Crippen LogP) is 3.22. The summed E-state index contributed by atoms with van der Waals surface area (Å²) >= 11 is 0. The van der Waals surface area contributed by atoms with Crippen LogP contribution in [-0.2, 0) is 9.53 Å². The number of benzene rings is 1. The number of carbonyl (C=O) groups excluding carboxylic acids is 1. The maximum absolute atomic E-state index is 13.7. The zero-order valence-electron chi connectivity index (χ0n) is 17.6. The zero-order chi connectivity index (χ0) is 19.7. The number of methoxy groups -OCH3 is 1. The molecule has 2 aliphatic carbocycles. The highest BCUT2D eigenvalue weighted by Crippen LogP contribution is 2.42. The molecule has 3 fully saturated rings. The normalized spacial score (nSPS) is 31.8. The highest BCUT2D eigenvalue weighted by atomic mass is 16.5. The number of rotatable bonds is 5. The Balaban J connectivity index is 1.49. The van der Waals surface area contributed by atoms with Crippen molar-refractivity contribution < 1.29 is 9.53 Å². The molecule has 1 heterocycles. The SMILES string of the molecule is CO[C@@H]1C[C@H]2CN(C(=O)C3(Nc4ccccc4)CCCC3)C[C@H]2C[C@H]1N(C)C. The lowest BCUT2D eigenvalue weighted by molar-refractivity contribution is -0.135. The van der Waals surface area contributed by atoms with Crippen molar-refractivity contribution in [1.82, 2.24) is 9.80 Å². The predicted molar refractivity (Wildman–Crippen MR) is 112 cm³/mol. The largest absolute Gasteiger partial charge is 0.380 e. The van der Waals surface area contributed by atoms with Crippen molar-refractivity contribution in [2.45, 2.75) is 56.2 Å². The van der Waals surface area contributed by atoms with Gasteiger partial charge in [-0.3, -0.25) is 4.79 Å². The van der Waals surface area contributed by atoms with Crippen LogP contribution < -0.4 is 5.32 Å². The monoisotopic (exact) mass is 385 g/mol. The van der Waals surface area contributed by atoms with Gasteiger partial charge in [-0.2, -0.15) is 0 Å². The summed E-state index contributed by atoms with van der Waals surface area (Å²) in [5.41, 5.74) is 0.637. The van der Waals surface area contributed by atoms with Gasteiger partial charge in [0, 0.05) is 31.9 Å². The number of likely N-dealkylation sites (N-methyl/N-ethyl adjacent to an activating group) is 1. The summed E-state index contributed by atoms with van der Waals surface area (Å²) in [6.45, 7) is 1.80. The molecule has 5 nitrogen and oxygen atoms in total. The smallest absolute Gasteiger partial charge is 0.248 e. The number of carbonyl (C=O) groups is 1. The van der Waals surface area contributed by atoms with Gasteiger partial charge >= 0.3 is 0 Å². The van der Waals surface area contributed by atoms with Crippen LogP contribution in [-0.4, -0.2) is 67.7 Å². The summed E-state index contributed by atoms with van der Waals surface area (Å²) in [5, 5.41) is 3.64. The van der Waals surface area contributed by atoms with E-state index in [0.717, 1.165) is 57.3 Å². The molecule has 0 unspecified atom stereocenters. The van der Waals surface area contributed by atoms with Crippen LogP contribution in [0.3, 0.4) is 0 Å². The lowest BCUT2D eigenvalue weighted by atomic mass is 9.77. The van der Waals surface area contributed by atoms with Crippen LogP contribution in [0.2, 0.25) is 0 Å². The molecule has 1 amide bonds. The Kier molecular flexibility index (Phi) is 5.66. The number of nitrogens with zero attached hydrogens (tertiary/aromatic N) is 2. The van der Waals surface area contributed by atoms with Crippen LogP contribution >= 0.6 is 0 Å². The van der Waals surface area contributed by atoms with E-state index >= 15 is 0 Å². The van der Waals surface area contributed by atoms with Crippen LogP contribution in [0.4, 0.5) is 5.69 Å². The fourth-order valence-corrected chi connectivity index (χ4v) is 5.82. The van der Waals surface area contributed by atoms with Gasteiger partial charge in [0.05, 0.1) is 6.10 Å². The average Bonchev–Trinajstić information content (AvgIpc) is 3.34. The van der Waals surface area contributed by atoms with E-state index < -0.39 is 5.54 Å². The summed E-state index contributed by atoms with van der Waals surface area (Å²) < 4.78 is 5.81. The number of hydrogen-bond acceptors (Lipinski definition) is 4. The second-order valence-electron chi connectivity index (χ2n) is 9.29. The number of ether oxygens (including phenoxy) is 1. The first-order chi connectivity index (χ1) is 13.5. The summed E-state index contributed by atoms with van der Waals surface area (Å²) in [6.07, 6.45) is 6.59. The third-order valence-electron chi connectivity index (χ3n) is 7.36. The van der Waals surface area contributed by atoms with Gasteiger partial charge in [-0.1, -0.05) is 31.0 Å². The van der Waals surface area contributed by atoms with Crippen LogP contribution in [0.5, 0.6) is 0 Å². The maximum Gasteiger partial charge on any atom is 0.248 e. The molecule has 0 bridgehead atoms. The fraction of sp³-hybridized carbons (Fsp3) is 0.696. The highest BCUT2D eigenvalue weighted by molar-refractivity contribution is 5.90. The van der Waals surface area contributed by atoms with E-state index in [-0.39, 0.29) is 6.10 Å². The fourth-order valence-electron chi connectivity index (χ4n) is 5.82. The molecule has 1 saturated heterocycles. The molecule has 5 heteroatoms. The van der Waals surface area contributed by atoms with E-state index in [9.17, 15) is 4.79 Å². The van der Waals surface area contributed by atoms with Crippen molar-refractivity contribution in [2.75, 3.05) is 39.6 Å². The van der Waals surface area contributed by atoms with Gasteiger partial charge in [-0.05, 0) is 63.7 Å². The van der Waals surface area contributed by atoms with Crippen LogP contribution in [0, 0.1) is 11.8 Å². The van der Waals surface area contributed by atoms with E-state index in [2.05, 4.69) is 41.3 Å². The second kappa shape index (κ2) is 8.03. The molecule has 154 valence electrons. The van der Waals surface area contributed by atoms with Gasteiger partial charge in [-0.15, -0.1) is 0 Å². The molecule has 1 aromatic rings. The molecular formula is C23H35N3O2. The Morgan fingerprint density at radius 3 is 2.36 bits per heavy atom. The Morgan fingerprint density at radius 2 is 1.75 bits per heavy atom. The number of fused-ring (bicyclic) bond motifs is 1. The quantitative estimate of drug-likeness (QED) is 0.845. The summed E-state index contributed by atoms with van der Waals surface area (Å²) in [5.74, 6) is 1.48. The van der Waals surface area contributed by atoms with Gasteiger partial charge in [0.1, 0.15) is 5.54 Å². The first-order valence-corrected chi connectivity index (χ1v) is 10.8. The third-order valence-corrected chi connectivity index (χ3v) is 7.36. The lowest BCUT2D eigenvalue weighted by Crippen LogP contribution is -2.52. The molecule has 1 aliphatic heterocycles. The minimum atomic E-state index is -0.420. The minimum absolute atomic E-state index is 0.272. The molecule has 1 N–H and O–H groups in total. The van der Waals surface area contributed by atoms with Gasteiger partial charge in [-0.25, -0.2) is 0 Å². The first-order valence-electron chi connectivity index (χ1n) is 10.8. The molecular weight excluding hydrogens is 350 g/mol. The van der Waals surface area contributed by atoms with Crippen molar-refractivity contribution in [1.29, 1.82) is 0 Å². The van der Waals surface area contributed by atoms with E-state index in [1.54, 1.807) is 0 Å². The van der Waals surface area contributed by atoms with E-state index in [1.165, 1.54) is 0 Å². The van der Waals surface area contributed by atoms with Crippen molar-refractivity contribution in [2.24, 2.45) is 11.8 Å². The maximum atomic E-state index is 13.7. The van der Waals surface area contributed by atoms with Crippen molar-refractivity contribution in [3.63, 3.8) is 0 Å².